The van der Waals surface area contributed by atoms with Crippen molar-refractivity contribution in [2.24, 2.45) is 5.73 Å². The van der Waals surface area contributed by atoms with Gasteiger partial charge in [0.2, 0.25) is 0 Å². The third kappa shape index (κ3) is 0.907. The van der Waals surface area contributed by atoms with Gasteiger partial charge in [-0.3, -0.25) is 5.43 Å². The summed E-state index contributed by atoms with van der Waals surface area (Å²) in [6.07, 6.45) is 0. The number of hydrazine groups is 1. The van der Waals surface area contributed by atoms with Crippen molar-refractivity contribution in [1.29, 1.82) is 0 Å². The molecule has 1 saturated heterocycles. The number of hydrogen-bond acceptors (Lipinski definition) is 3. The molecule has 0 radical (unpaired) electrons. The van der Waals surface area contributed by atoms with E-state index in [1.54, 1.807) is 0 Å². The fraction of sp³-hybridized carbons (Fsp3) is 1.00. The van der Waals surface area contributed by atoms with E-state index in [1.807, 2.05) is 7.05 Å². The second-order valence-electron chi connectivity index (χ2n) is 1.89. The van der Waals surface area contributed by atoms with E-state index in [2.05, 4.69) is 10.4 Å². The van der Waals surface area contributed by atoms with Crippen LogP contribution in [-0.2, 0) is 0 Å². The van der Waals surface area contributed by atoms with E-state index >= 15 is 0 Å². The zero-order valence-corrected chi connectivity index (χ0v) is 4.52. The minimum atomic E-state index is 0.410. The number of rotatable bonds is 1. The van der Waals surface area contributed by atoms with Crippen molar-refractivity contribution in [2.45, 2.75) is 6.04 Å². The van der Waals surface area contributed by atoms with Gasteiger partial charge in [-0.25, -0.2) is 5.01 Å². The van der Waals surface area contributed by atoms with Gasteiger partial charge in [0.05, 0.1) is 0 Å². The van der Waals surface area contributed by atoms with Crippen LogP contribution < -0.4 is 11.2 Å². The first kappa shape index (κ1) is 5.03. The molecule has 1 heterocycles. The minimum absolute atomic E-state index is 0.410. The summed E-state index contributed by atoms with van der Waals surface area (Å²) in [7, 11) is 1.91. The Balaban J connectivity index is 2.06. The molecule has 3 nitrogen and oxygen atoms in total. The molecule has 0 aromatic rings. The molecule has 7 heavy (non-hydrogen) atoms. The fourth-order valence-corrected chi connectivity index (χ4v) is 0.695. The van der Waals surface area contributed by atoms with Gasteiger partial charge in [0.15, 0.2) is 0 Å². The fourth-order valence-electron chi connectivity index (χ4n) is 0.695. The quantitative estimate of drug-likeness (QED) is 0.434. The molecule has 0 aromatic heterocycles. The normalized spacial score (nSPS) is 24.9. The molecule has 1 rings (SSSR count). The average Bonchev–Trinajstić information content (AvgIpc) is 1.58. The number of hydrogen-bond donors (Lipinski definition) is 2. The topological polar surface area (TPSA) is 41.3 Å². The summed E-state index contributed by atoms with van der Waals surface area (Å²) in [5, 5.41) is 2.07. The molecule has 0 amide bonds. The lowest BCUT2D eigenvalue weighted by Gasteiger charge is -2.35. The van der Waals surface area contributed by atoms with Gasteiger partial charge < -0.3 is 5.73 Å². The van der Waals surface area contributed by atoms with Gasteiger partial charge in [0.1, 0.15) is 0 Å². The van der Waals surface area contributed by atoms with Crippen molar-refractivity contribution in [2.75, 3.05) is 20.1 Å². The summed E-state index contributed by atoms with van der Waals surface area (Å²) in [6.45, 7) is 1.99. The maximum absolute atomic E-state index is 5.46. The van der Waals surface area contributed by atoms with Crippen molar-refractivity contribution in [3.05, 3.63) is 0 Å². The van der Waals surface area contributed by atoms with E-state index in [0.29, 0.717) is 6.04 Å². The molecule has 0 bridgehead atoms. The van der Waals surface area contributed by atoms with E-state index in [9.17, 15) is 0 Å². The largest absolute Gasteiger partial charge is 0.325 e. The minimum Gasteiger partial charge on any atom is -0.325 e. The van der Waals surface area contributed by atoms with Crippen LogP contribution in [0, 0.1) is 0 Å². The van der Waals surface area contributed by atoms with Crippen LogP contribution in [0.2, 0.25) is 0 Å². The summed E-state index contributed by atoms with van der Waals surface area (Å²) < 4.78 is 0. The molecule has 0 atom stereocenters. The molecule has 0 unspecified atom stereocenters. The molecule has 3 heteroatoms. The molecule has 1 fully saturated rings. The Labute approximate surface area is 43.4 Å². The van der Waals surface area contributed by atoms with E-state index in [4.69, 9.17) is 5.73 Å². The van der Waals surface area contributed by atoms with Gasteiger partial charge in [0.25, 0.3) is 0 Å². The lowest BCUT2D eigenvalue weighted by Crippen LogP contribution is -2.59. The molecule has 3 N–H and O–H groups in total. The summed E-state index contributed by atoms with van der Waals surface area (Å²) in [4.78, 5) is 0. The van der Waals surface area contributed by atoms with E-state index < -0.39 is 0 Å². The first-order valence-electron chi connectivity index (χ1n) is 2.51. The summed E-state index contributed by atoms with van der Waals surface area (Å²) >= 11 is 0. The third-order valence-corrected chi connectivity index (χ3v) is 1.23. The first-order chi connectivity index (χ1) is 3.33. The Hall–Kier alpha value is -0.120. The molecule has 42 valence electrons. The first-order valence-corrected chi connectivity index (χ1v) is 2.51. The lowest BCUT2D eigenvalue weighted by atomic mass is 10.2. The standard InChI is InChI=1S/C4H11N3/c1-6-7-2-4(5)3-7/h4,6H,2-3,5H2,1H3. The molecule has 1 aliphatic rings. The highest BCUT2D eigenvalue weighted by Crippen LogP contribution is 1.97. The average molecular weight is 101 g/mol. The van der Waals surface area contributed by atoms with Gasteiger partial charge in [0, 0.05) is 19.1 Å². The zero-order valence-electron chi connectivity index (χ0n) is 4.52. The molecule has 0 saturated carbocycles. The molecule has 0 aliphatic carbocycles. The van der Waals surface area contributed by atoms with E-state index in [-0.39, 0.29) is 0 Å². The Bertz CT molecular complexity index is 58.0. The van der Waals surface area contributed by atoms with Crippen LogP contribution in [0.15, 0.2) is 0 Å². The Morgan fingerprint density at radius 3 is 2.43 bits per heavy atom. The van der Waals surface area contributed by atoms with Gasteiger partial charge >= 0.3 is 0 Å². The van der Waals surface area contributed by atoms with Crippen LogP contribution in [0.5, 0.6) is 0 Å². The Kier molecular flexibility index (Phi) is 1.27. The second-order valence-corrected chi connectivity index (χ2v) is 1.89. The van der Waals surface area contributed by atoms with Crippen LogP contribution >= 0.6 is 0 Å². The molecular formula is C4H11N3. The smallest absolute Gasteiger partial charge is 0.0325 e. The number of nitrogens with one attached hydrogen (secondary N) is 1. The Morgan fingerprint density at radius 2 is 2.29 bits per heavy atom. The van der Waals surface area contributed by atoms with Crippen LogP contribution in [0.25, 0.3) is 0 Å². The predicted molar refractivity (Wildman–Crippen MR) is 28.6 cm³/mol. The van der Waals surface area contributed by atoms with Crippen molar-refractivity contribution < 1.29 is 0 Å². The van der Waals surface area contributed by atoms with E-state index in [0.717, 1.165) is 13.1 Å². The number of nitrogens with two attached hydrogens (primary N) is 1. The van der Waals surface area contributed by atoms with Crippen molar-refractivity contribution in [1.82, 2.24) is 10.4 Å². The lowest BCUT2D eigenvalue weighted by molar-refractivity contribution is 0.0986. The SMILES string of the molecule is CNN1CC(N)C1. The molecule has 1 aliphatic heterocycles. The highest BCUT2D eigenvalue weighted by atomic mass is 15.5. The van der Waals surface area contributed by atoms with Crippen LogP contribution in [0.3, 0.4) is 0 Å². The summed E-state index contributed by atoms with van der Waals surface area (Å²) in [5.74, 6) is 0. The monoisotopic (exact) mass is 101 g/mol. The highest BCUT2D eigenvalue weighted by Gasteiger charge is 2.20. The number of nitrogens with zero attached hydrogens (tertiary/aromatic N) is 1. The molecule has 0 aromatic carbocycles. The molecule has 0 spiro atoms. The maximum atomic E-state index is 5.46. The van der Waals surface area contributed by atoms with Crippen molar-refractivity contribution in [3.63, 3.8) is 0 Å². The zero-order chi connectivity index (χ0) is 5.28. The predicted octanol–water partition coefficient (Wildman–Crippen LogP) is -1.24. The van der Waals surface area contributed by atoms with Gasteiger partial charge in [-0.05, 0) is 7.05 Å². The van der Waals surface area contributed by atoms with Gasteiger partial charge in [-0.15, -0.1) is 0 Å². The van der Waals surface area contributed by atoms with Crippen molar-refractivity contribution in [3.8, 4) is 0 Å². The van der Waals surface area contributed by atoms with Gasteiger partial charge in [-0.1, -0.05) is 0 Å². The van der Waals surface area contributed by atoms with Crippen LogP contribution in [-0.4, -0.2) is 31.2 Å². The highest BCUT2D eigenvalue weighted by molar-refractivity contribution is 4.78. The third-order valence-electron chi connectivity index (χ3n) is 1.23. The van der Waals surface area contributed by atoms with Crippen molar-refractivity contribution >= 4 is 0 Å². The maximum Gasteiger partial charge on any atom is 0.0325 e. The van der Waals surface area contributed by atoms with E-state index in [1.165, 1.54) is 0 Å². The van der Waals surface area contributed by atoms with Gasteiger partial charge in [-0.2, -0.15) is 0 Å². The summed E-state index contributed by atoms with van der Waals surface area (Å²) in [6, 6.07) is 0.410. The van der Waals surface area contributed by atoms with Crippen LogP contribution in [0.4, 0.5) is 0 Å². The molecular weight excluding hydrogens is 90.1 g/mol. The second kappa shape index (κ2) is 1.78. The van der Waals surface area contributed by atoms with Crippen LogP contribution in [0.1, 0.15) is 0 Å². The Morgan fingerprint density at radius 1 is 1.71 bits per heavy atom. The summed E-state index contributed by atoms with van der Waals surface area (Å²) in [5.41, 5.74) is 8.45.